The maximum atomic E-state index is 12.3. The van der Waals surface area contributed by atoms with Crippen molar-refractivity contribution in [3.63, 3.8) is 0 Å². The van der Waals surface area contributed by atoms with Gasteiger partial charge < -0.3 is 15.2 Å². The van der Waals surface area contributed by atoms with Crippen molar-refractivity contribution < 1.29 is 9.86 Å². The zero-order valence-corrected chi connectivity index (χ0v) is 11.5. The second-order valence-electron chi connectivity index (χ2n) is 6.90. The molecule has 94 valence electrons. The first-order valence-corrected chi connectivity index (χ1v) is 5.78. The number of carbonyl (C=O) groups excluding carboxylic acids is 1. The molecule has 4 nitrogen and oxygen atoms in total. The van der Waals surface area contributed by atoms with E-state index in [-0.39, 0.29) is 16.5 Å². The largest absolute Gasteiger partial charge is 0.633 e. The second kappa shape index (κ2) is 3.44. The first kappa shape index (κ1) is 13.5. The van der Waals surface area contributed by atoms with Gasteiger partial charge in [0.2, 0.25) is 0 Å². The highest BCUT2D eigenvalue weighted by atomic mass is 16.5. The molecule has 1 rings (SSSR count). The number of hydroxylamine groups is 2. The highest BCUT2D eigenvalue weighted by Gasteiger charge is 2.52. The van der Waals surface area contributed by atoms with E-state index in [4.69, 9.17) is 0 Å². The van der Waals surface area contributed by atoms with Crippen molar-refractivity contribution in [1.82, 2.24) is 4.90 Å². The van der Waals surface area contributed by atoms with Gasteiger partial charge in [-0.25, -0.2) is 0 Å². The number of quaternary nitrogens is 1. The fourth-order valence-corrected chi connectivity index (χ4v) is 2.36. The Bertz CT molecular complexity index is 303. The standard InChI is InChI=1S/C12H24N2O2/c1-10(2,3)13-8-11(4,5)14(16)12(6,7)9(13)15/h14H,8H2,1-7H3. The quantitative estimate of drug-likeness (QED) is 0.616. The molecular weight excluding hydrogens is 204 g/mol. The lowest BCUT2D eigenvalue weighted by atomic mass is 9.86. The van der Waals surface area contributed by atoms with Crippen LogP contribution >= 0.6 is 0 Å². The van der Waals surface area contributed by atoms with E-state index in [1.165, 1.54) is 0 Å². The van der Waals surface area contributed by atoms with Crippen LogP contribution in [-0.2, 0) is 4.79 Å². The number of hydrogen-bond acceptors (Lipinski definition) is 2. The van der Waals surface area contributed by atoms with Gasteiger partial charge in [-0.1, -0.05) is 0 Å². The molecular formula is C12H24N2O2. The van der Waals surface area contributed by atoms with Crippen molar-refractivity contribution in [1.29, 1.82) is 0 Å². The van der Waals surface area contributed by atoms with Gasteiger partial charge in [0.15, 0.2) is 5.54 Å². The van der Waals surface area contributed by atoms with E-state index in [0.717, 1.165) is 0 Å². The van der Waals surface area contributed by atoms with Crippen molar-refractivity contribution in [2.75, 3.05) is 6.54 Å². The molecule has 4 heteroatoms. The third-order valence-electron chi connectivity index (χ3n) is 3.33. The van der Waals surface area contributed by atoms with Crippen LogP contribution < -0.4 is 5.06 Å². The molecule has 0 saturated carbocycles. The first-order valence-electron chi connectivity index (χ1n) is 5.78. The van der Waals surface area contributed by atoms with Crippen molar-refractivity contribution >= 4 is 5.91 Å². The van der Waals surface area contributed by atoms with Gasteiger partial charge >= 0.3 is 0 Å². The zero-order chi connectivity index (χ0) is 12.9. The summed E-state index contributed by atoms with van der Waals surface area (Å²) in [7, 11) is 0. The summed E-state index contributed by atoms with van der Waals surface area (Å²) in [5, 5.41) is 12.3. The normalized spacial score (nSPS) is 29.4. The van der Waals surface area contributed by atoms with Crippen LogP contribution in [0.2, 0.25) is 0 Å². The van der Waals surface area contributed by atoms with Crippen LogP contribution in [0, 0.1) is 5.21 Å². The van der Waals surface area contributed by atoms with E-state index in [1.54, 1.807) is 13.8 Å². The Morgan fingerprint density at radius 1 is 1.25 bits per heavy atom. The Hall–Kier alpha value is -0.610. The molecule has 16 heavy (non-hydrogen) atoms. The summed E-state index contributed by atoms with van der Waals surface area (Å²) in [6, 6.07) is 0. The monoisotopic (exact) mass is 228 g/mol. The van der Waals surface area contributed by atoms with Crippen LogP contribution in [0.15, 0.2) is 0 Å². The van der Waals surface area contributed by atoms with E-state index in [1.807, 2.05) is 39.5 Å². The van der Waals surface area contributed by atoms with Crippen LogP contribution in [0.4, 0.5) is 0 Å². The van der Waals surface area contributed by atoms with Gasteiger partial charge in [-0.15, -0.1) is 0 Å². The molecule has 1 amide bonds. The van der Waals surface area contributed by atoms with Crippen molar-refractivity contribution in [2.24, 2.45) is 0 Å². The Kier molecular flexibility index (Phi) is 2.89. The fraction of sp³-hybridized carbons (Fsp3) is 0.917. The molecule has 1 unspecified atom stereocenters. The predicted molar refractivity (Wildman–Crippen MR) is 64.0 cm³/mol. The van der Waals surface area contributed by atoms with E-state index >= 15 is 0 Å². The summed E-state index contributed by atoms with van der Waals surface area (Å²) in [5.41, 5.74) is -1.58. The Morgan fingerprint density at radius 3 is 2.06 bits per heavy atom. The lowest BCUT2D eigenvalue weighted by molar-refractivity contribution is -0.942. The number of hydrogen-bond donors (Lipinski definition) is 1. The predicted octanol–water partition coefficient (Wildman–Crippen LogP) is 0.567. The molecule has 0 aromatic rings. The number of nitrogens with one attached hydrogen (secondary N) is 1. The Balaban J connectivity index is 3.16. The van der Waals surface area contributed by atoms with Crippen molar-refractivity contribution in [3.8, 4) is 0 Å². The highest BCUT2D eigenvalue weighted by Crippen LogP contribution is 2.24. The molecule has 0 aromatic carbocycles. The van der Waals surface area contributed by atoms with Crippen LogP contribution in [0.25, 0.3) is 0 Å². The summed E-state index contributed by atoms with van der Waals surface area (Å²) in [5.74, 6) is -0.0516. The van der Waals surface area contributed by atoms with Gasteiger partial charge in [0.1, 0.15) is 5.54 Å². The molecule has 1 N–H and O–H groups in total. The second-order valence-corrected chi connectivity index (χ2v) is 6.90. The molecule has 0 aliphatic carbocycles. The fourth-order valence-electron chi connectivity index (χ4n) is 2.36. The Labute approximate surface area is 98.2 Å². The Morgan fingerprint density at radius 2 is 1.69 bits per heavy atom. The summed E-state index contributed by atoms with van der Waals surface area (Å²) in [6.45, 7) is 13.8. The third-order valence-corrected chi connectivity index (χ3v) is 3.33. The average molecular weight is 228 g/mol. The summed E-state index contributed by atoms with van der Waals surface area (Å²) >= 11 is 0. The summed E-state index contributed by atoms with van der Waals surface area (Å²) < 4.78 is 0. The molecule has 0 bridgehead atoms. The van der Waals surface area contributed by atoms with E-state index < -0.39 is 11.1 Å². The molecule has 1 atom stereocenters. The van der Waals surface area contributed by atoms with Crippen molar-refractivity contribution in [3.05, 3.63) is 5.21 Å². The van der Waals surface area contributed by atoms with Gasteiger partial charge in [0.25, 0.3) is 5.91 Å². The summed E-state index contributed by atoms with van der Waals surface area (Å²) in [6.07, 6.45) is 0. The minimum Gasteiger partial charge on any atom is -0.633 e. The van der Waals surface area contributed by atoms with Crippen LogP contribution in [0.3, 0.4) is 0 Å². The number of carbonyl (C=O) groups is 1. The lowest BCUT2D eigenvalue weighted by Crippen LogP contribution is -3.26. The topological polar surface area (TPSA) is 47.8 Å². The van der Waals surface area contributed by atoms with Crippen LogP contribution in [0.5, 0.6) is 0 Å². The number of rotatable bonds is 0. The van der Waals surface area contributed by atoms with E-state index in [0.29, 0.717) is 6.54 Å². The number of nitrogens with zero attached hydrogens (tertiary/aromatic N) is 1. The van der Waals surface area contributed by atoms with Gasteiger partial charge in [0, 0.05) is 5.54 Å². The molecule has 1 aliphatic rings. The smallest absolute Gasteiger partial charge is 0.284 e. The molecule has 0 aromatic heterocycles. The third kappa shape index (κ3) is 1.96. The van der Waals surface area contributed by atoms with Gasteiger partial charge in [-0.3, -0.25) is 4.79 Å². The molecule has 1 saturated heterocycles. The molecule has 1 heterocycles. The first-order chi connectivity index (χ1) is 6.90. The minimum absolute atomic E-state index is 0.0468. The number of piperazine rings is 1. The molecule has 1 fully saturated rings. The molecule has 0 spiro atoms. The molecule has 0 radical (unpaired) electrons. The maximum Gasteiger partial charge on any atom is 0.284 e. The SMILES string of the molecule is CC(C)(C)N1CC(C)(C)[NH+]([O-])C(C)(C)C1=O. The van der Waals surface area contributed by atoms with E-state index in [9.17, 15) is 10.0 Å². The van der Waals surface area contributed by atoms with Crippen LogP contribution in [-0.4, -0.2) is 34.0 Å². The zero-order valence-electron chi connectivity index (χ0n) is 11.5. The highest BCUT2D eigenvalue weighted by molar-refractivity contribution is 5.85. The van der Waals surface area contributed by atoms with Gasteiger partial charge in [0.05, 0.1) is 6.54 Å². The van der Waals surface area contributed by atoms with Crippen molar-refractivity contribution in [2.45, 2.75) is 65.1 Å². The summed E-state index contributed by atoms with van der Waals surface area (Å²) in [4.78, 5) is 14.1. The van der Waals surface area contributed by atoms with Gasteiger partial charge in [-0.2, -0.15) is 0 Å². The van der Waals surface area contributed by atoms with E-state index in [2.05, 4.69) is 0 Å². The van der Waals surface area contributed by atoms with Gasteiger partial charge in [-0.05, 0) is 48.5 Å². The number of amides is 1. The maximum absolute atomic E-state index is 12.3. The molecule has 1 aliphatic heterocycles. The minimum atomic E-state index is -0.894. The average Bonchev–Trinajstić information content (AvgIpc) is 2.08. The lowest BCUT2D eigenvalue weighted by Gasteiger charge is -2.57. The van der Waals surface area contributed by atoms with Crippen LogP contribution in [0.1, 0.15) is 48.5 Å².